The van der Waals surface area contributed by atoms with E-state index in [1.54, 1.807) is 0 Å². The fourth-order valence-electron chi connectivity index (χ4n) is 2.52. The van der Waals surface area contributed by atoms with Gasteiger partial charge in [0.15, 0.2) is 11.0 Å². The van der Waals surface area contributed by atoms with Crippen molar-refractivity contribution in [1.82, 2.24) is 15.0 Å². The predicted octanol–water partition coefficient (Wildman–Crippen LogP) is 4.38. The van der Waals surface area contributed by atoms with E-state index in [1.165, 1.54) is 23.0 Å². The summed E-state index contributed by atoms with van der Waals surface area (Å²) in [5.74, 6) is 1.11. The van der Waals surface area contributed by atoms with E-state index in [4.69, 9.17) is 16.5 Å². The van der Waals surface area contributed by atoms with Crippen molar-refractivity contribution < 1.29 is 0 Å². The van der Waals surface area contributed by atoms with E-state index in [0.29, 0.717) is 23.2 Å². The van der Waals surface area contributed by atoms with Crippen LogP contribution in [0.25, 0.3) is 11.5 Å². The first kappa shape index (κ1) is 17.6. The molecule has 0 aliphatic carbocycles. The lowest BCUT2D eigenvalue weighted by molar-refractivity contribution is 0.783. The summed E-state index contributed by atoms with van der Waals surface area (Å²) in [5.41, 5.74) is 14.5. The lowest BCUT2D eigenvalue weighted by atomic mass is 10.1. The Balaban J connectivity index is 2.05. The highest BCUT2D eigenvalue weighted by atomic mass is 79.9. The van der Waals surface area contributed by atoms with Crippen LogP contribution in [-0.2, 0) is 0 Å². The predicted molar refractivity (Wildman–Crippen MR) is 108 cm³/mol. The number of thiazole rings is 1. The molecule has 0 atom stereocenters. The minimum Gasteiger partial charge on any atom is -0.384 e. The van der Waals surface area contributed by atoms with Crippen LogP contribution in [0.1, 0.15) is 19.4 Å². The van der Waals surface area contributed by atoms with Gasteiger partial charge >= 0.3 is 0 Å². The Morgan fingerprint density at radius 1 is 1.08 bits per heavy atom. The number of anilines is 4. The molecule has 0 aliphatic rings. The van der Waals surface area contributed by atoms with Gasteiger partial charge in [-0.05, 0) is 38.5 Å². The number of hydrogen-bond acceptors (Lipinski definition) is 7. The molecule has 25 heavy (non-hydrogen) atoms. The van der Waals surface area contributed by atoms with E-state index in [0.717, 1.165) is 15.3 Å². The maximum absolute atomic E-state index is 5.77. The van der Waals surface area contributed by atoms with Crippen LogP contribution in [-0.4, -0.2) is 21.0 Å². The molecule has 0 saturated heterocycles. The maximum atomic E-state index is 5.77. The Morgan fingerprint density at radius 3 is 2.40 bits per heavy atom. The highest BCUT2D eigenvalue weighted by Gasteiger charge is 2.20. The molecule has 4 N–H and O–H groups in total. The van der Waals surface area contributed by atoms with Gasteiger partial charge in [-0.1, -0.05) is 22.0 Å². The van der Waals surface area contributed by atoms with E-state index in [2.05, 4.69) is 63.7 Å². The smallest absolute Gasteiger partial charge is 0.190 e. The van der Waals surface area contributed by atoms with Crippen LogP contribution in [0.3, 0.4) is 0 Å². The van der Waals surface area contributed by atoms with Crippen LogP contribution in [0.15, 0.2) is 34.1 Å². The monoisotopic (exact) mass is 418 g/mol. The van der Waals surface area contributed by atoms with Crippen molar-refractivity contribution >= 4 is 49.7 Å². The van der Waals surface area contributed by atoms with Gasteiger partial charge in [0.1, 0.15) is 17.3 Å². The van der Waals surface area contributed by atoms with Crippen LogP contribution < -0.4 is 16.4 Å². The van der Waals surface area contributed by atoms with E-state index in [1.807, 2.05) is 11.4 Å². The number of nitrogen functional groups attached to an aromatic ring is 2. The summed E-state index contributed by atoms with van der Waals surface area (Å²) in [7, 11) is 0. The molecule has 0 amide bonds. The highest BCUT2D eigenvalue weighted by molar-refractivity contribution is 9.10. The van der Waals surface area contributed by atoms with Gasteiger partial charge in [-0.15, -0.1) is 11.3 Å². The summed E-state index contributed by atoms with van der Waals surface area (Å²) in [5, 5.41) is 2.79. The third-order valence-electron chi connectivity index (χ3n) is 3.64. The fourth-order valence-corrected chi connectivity index (χ4v) is 3.82. The van der Waals surface area contributed by atoms with Gasteiger partial charge in [-0.2, -0.15) is 0 Å². The molecule has 8 heteroatoms. The van der Waals surface area contributed by atoms with Gasteiger partial charge in [0.2, 0.25) is 0 Å². The Bertz CT molecular complexity index is 888. The second-order valence-corrected chi connectivity index (χ2v) is 7.70. The Kier molecular flexibility index (Phi) is 4.91. The van der Waals surface area contributed by atoms with Crippen molar-refractivity contribution in [1.29, 1.82) is 0 Å². The Hall–Kier alpha value is -2.19. The molecule has 1 aromatic carbocycles. The molecule has 6 nitrogen and oxygen atoms in total. The topological polar surface area (TPSA) is 94.0 Å². The minimum atomic E-state index is 0.235. The van der Waals surface area contributed by atoms with Crippen LogP contribution in [0.4, 0.5) is 22.5 Å². The molecule has 0 fully saturated rings. The van der Waals surface area contributed by atoms with Crippen molar-refractivity contribution in [2.75, 3.05) is 16.4 Å². The molecule has 3 aromatic rings. The average molecular weight is 419 g/mol. The maximum Gasteiger partial charge on any atom is 0.190 e. The van der Waals surface area contributed by atoms with E-state index in [9.17, 15) is 0 Å². The molecule has 0 bridgehead atoms. The number of aryl methyl sites for hydroxylation is 1. The standard InChI is InChI=1S/C17H19BrN6S/c1-9(2)24(13-6-11(18)5-4-10(13)3)17-21-12(8-25-17)16-22-14(19)7-15(20)23-16/h4-9H,1-3H3,(H4,19,20,22,23). The first-order valence-electron chi connectivity index (χ1n) is 7.76. The number of halogens is 1. The second kappa shape index (κ2) is 6.97. The number of nitrogens with zero attached hydrogens (tertiary/aromatic N) is 4. The number of aromatic nitrogens is 3. The molecule has 0 saturated carbocycles. The van der Waals surface area contributed by atoms with Crippen molar-refractivity contribution in [3.63, 3.8) is 0 Å². The molecule has 2 aromatic heterocycles. The first-order valence-corrected chi connectivity index (χ1v) is 9.43. The normalized spacial score (nSPS) is 11.1. The molecule has 130 valence electrons. The van der Waals surface area contributed by atoms with E-state index in [-0.39, 0.29) is 6.04 Å². The van der Waals surface area contributed by atoms with E-state index < -0.39 is 0 Å². The van der Waals surface area contributed by atoms with Gasteiger partial charge < -0.3 is 16.4 Å². The Labute approximate surface area is 159 Å². The summed E-state index contributed by atoms with van der Waals surface area (Å²) in [6.07, 6.45) is 0. The molecule has 0 aliphatic heterocycles. The zero-order valence-corrected chi connectivity index (χ0v) is 16.6. The second-order valence-electron chi connectivity index (χ2n) is 5.95. The van der Waals surface area contributed by atoms with Crippen molar-refractivity contribution in [3.05, 3.63) is 39.7 Å². The van der Waals surface area contributed by atoms with Gasteiger partial charge in [-0.3, -0.25) is 0 Å². The minimum absolute atomic E-state index is 0.235. The highest BCUT2D eigenvalue weighted by Crippen LogP contribution is 2.36. The summed E-state index contributed by atoms with van der Waals surface area (Å²) >= 11 is 5.09. The summed E-state index contributed by atoms with van der Waals surface area (Å²) in [6.45, 7) is 6.36. The van der Waals surface area contributed by atoms with E-state index >= 15 is 0 Å². The number of benzene rings is 1. The molecule has 0 radical (unpaired) electrons. The number of nitrogens with two attached hydrogens (primary N) is 2. The molecule has 3 rings (SSSR count). The quantitative estimate of drug-likeness (QED) is 0.652. The van der Waals surface area contributed by atoms with Crippen molar-refractivity contribution in [3.8, 4) is 11.5 Å². The third kappa shape index (κ3) is 3.74. The van der Waals surface area contributed by atoms with Crippen LogP contribution in [0, 0.1) is 6.92 Å². The molecular weight excluding hydrogens is 400 g/mol. The SMILES string of the molecule is Cc1ccc(Br)cc1N(c1nc(-c2nc(N)cc(N)n2)cs1)C(C)C. The third-order valence-corrected chi connectivity index (χ3v) is 4.97. The largest absolute Gasteiger partial charge is 0.384 e. The summed E-state index contributed by atoms with van der Waals surface area (Å²) < 4.78 is 1.03. The van der Waals surface area contributed by atoms with Gasteiger partial charge in [0, 0.05) is 27.6 Å². The van der Waals surface area contributed by atoms with Gasteiger partial charge in [0.25, 0.3) is 0 Å². The van der Waals surface area contributed by atoms with Crippen molar-refractivity contribution in [2.24, 2.45) is 0 Å². The molecule has 0 spiro atoms. The van der Waals surface area contributed by atoms with Crippen molar-refractivity contribution in [2.45, 2.75) is 26.8 Å². The number of rotatable bonds is 4. The number of hydrogen-bond donors (Lipinski definition) is 2. The summed E-state index contributed by atoms with van der Waals surface area (Å²) in [6, 6.07) is 7.99. The van der Waals surface area contributed by atoms with Crippen LogP contribution >= 0.6 is 27.3 Å². The Morgan fingerprint density at radius 2 is 1.76 bits per heavy atom. The van der Waals surface area contributed by atoms with Crippen LogP contribution in [0.2, 0.25) is 0 Å². The van der Waals surface area contributed by atoms with Gasteiger partial charge in [-0.25, -0.2) is 15.0 Å². The fraction of sp³-hybridized carbons (Fsp3) is 0.235. The first-order chi connectivity index (χ1) is 11.8. The lowest BCUT2D eigenvalue weighted by Crippen LogP contribution is -2.26. The molecular formula is C17H19BrN6S. The molecule has 0 unspecified atom stereocenters. The lowest BCUT2D eigenvalue weighted by Gasteiger charge is -2.28. The zero-order valence-electron chi connectivity index (χ0n) is 14.2. The zero-order chi connectivity index (χ0) is 18.1. The summed E-state index contributed by atoms with van der Waals surface area (Å²) in [4.78, 5) is 15.4. The average Bonchev–Trinajstić information content (AvgIpc) is 2.99. The van der Waals surface area contributed by atoms with Gasteiger partial charge in [0.05, 0.1) is 0 Å². The molecule has 2 heterocycles. The van der Waals surface area contributed by atoms with Crippen LogP contribution in [0.5, 0.6) is 0 Å².